The summed E-state index contributed by atoms with van der Waals surface area (Å²) in [6.45, 7) is 9.37. The standard InChI is InChI=1S/C23H29N5O3S/c1-6-15-9-16-10-19-21(13(2)3)28(23-25-12-17(22(24)29)14(4)26-23)8-7-27(19)18(16)11-20(15)32(5,30)31/h9-13,21H,6-8H2,1-5H3,(H2,24,29)/t21-/m0/s1. The van der Waals surface area contributed by atoms with Crippen molar-refractivity contribution < 1.29 is 13.2 Å². The first kappa shape index (κ1) is 22.3. The van der Waals surface area contributed by atoms with Crippen molar-refractivity contribution in [2.45, 2.75) is 51.6 Å². The summed E-state index contributed by atoms with van der Waals surface area (Å²) < 4.78 is 27.0. The summed E-state index contributed by atoms with van der Waals surface area (Å²) in [6.07, 6.45) is 3.41. The van der Waals surface area contributed by atoms with Crippen molar-refractivity contribution in [3.8, 4) is 0 Å². The fourth-order valence-electron chi connectivity index (χ4n) is 4.74. The number of carbonyl (C=O) groups is 1. The Morgan fingerprint density at radius 2 is 1.97 bits per heavy atom. The van der Waals surface area contributed by atoms with E-state index in [9.17, 15) is 13.2 Å². The Balaban J connectivity index is 1.86. The molecule has 0 radical (unpaired) electrons. The summed E-state index contributed by atoms with van der Waals surface area (Å²) in [5.74, 6) is 0.272. The first-order valence-electron chi connectivity index (χ1n) is 10.8. The number of aryl methyl sites for hydroxylation is 2. The Morgan fingerprint density at radius 1 is 1.25 bits per heavy atom. The zero-order chi connectivity index (χ0) is 23.4. The topological polar surface area (TPSA) is 111 Å². The molecule has 0 aliphatic carbocycles. The summed E-state index contributed by atoms with van der Waals surface area (Å²) >= 11 is 0. The van der Waals surface area contributed by atoms with E-state index in [0.717, 1.165) is 22.2 Å². The monoisotopic (exact) mass is 455 g/mol. The van der Waals surface area contributed by atoms with Crippen LogP contribution in [0.3, 0.4) is 0 Å². The SMILES string of the molecule is CCc1cc2cc3n(c2cc1S(C)(=O)=O)CCN(c1ncc(C(N)=O)c(C)n1)[C@H]3C(C)C. The predicted octanol–water partition coefficient (Wildman–Crippen LogP) is 3.02. The summed E-state index contributed by atoms with van der Waals surface area (Å²) in [5.41, 5.74) is 9.17. The molecule has 0 spiro atoms. The Labute approximate surface area is 188 Å². The van der Waals surface area contributed by atoms with Gasteiger partial charge in [0.1, 0.15) is 0 Å². The lowest BCUT2D eigenvalue weighted by atomic mass is 9.97. The number of aromatic nitrogens is 3. The number of anilines is 1. The molecule has 9 heteroatoms. The quantitative estimate of drug-likeness (QED) is 0.633. The van der Waals surface area contributed by atoms with Gasteiger partial charge in [0.15, 0.2) is 9.84 Å². The van der Waals surface area contributed by atoms with Gasteiger partial charge < -0.3 is 15.2 Å². The van der Waals surface area contributed by atoms with Gasteiger partial charge in [0.25, 0.3) is 5.91 Å². The van der Waals surface area contributed by atoms with Gasteiger partial charge in [-0.3, -0.25) is 4.79 Å². The van der Waals surface area contributed by atoms with Gasteiger partial charge in [-0.25, -0.2) is 18.4 Å². The van der Waals surface area contributed by atoms with Crippen LogP contribution in [0.15, 0.2) is 29.3 Å². The maximum Gasteiger partial charge on any atom is 0.252 e. The second kappa shape index (κ2) is 7.88. The lowest BCUT2D eigenvalue weighted by molar-refractivity contribution is 0.0999. The first-order chi connectivity index (χ1) is 15.0. The molecule has 1 aliphatic heterocycles. The number of hydrogen-bond donors (Lipinski definition) is 1. The van der Waals surface area contributed by atoms with Gasteiger partial charge in [0.2, 0.25) is 5.95 Å². The highest BCUT2D eigenvalue weighted by molar-refractivity contribution is 7.90. The maximum absolute atomic E-state index is 12.4. The summed E-state index contributed by atoms with van der Waals surface area (Å²) in [5, 5.41) is 1.04. The molecule has 1 aromatic carbocycles. The summed E-state index contributed by atoms with van der Waals surface area (Å²) in [4.78, 5) is 23.2. The molecule has 4 rings (SSSR count). The second-order valence-electron chi connectivity index (χ2n) is 8.78. The minimum absolute atomic E-state index is 0.00161. The van der Waals surface area contributed by atoms with Crippen LogP contribution in [-0.4, -0.2) is 41.7 Å². The van der Waals surface area contributed by atoms with Crippen LogP contribution in [0.4, 0.5) is 5.95 Å². The van der Waals surface area contributed by atoms with Crippen LogP contribution < -0.4 is 10.6 Å². The van der Waals surface area contributed by atoms with Gasteiger partial charge in [-0.15, -0.1) is 0 Å². The highest BCUT2D eigenvalue weighted by atomic mass is 32.2. The summed E-state index contributed by atoms with van der Waals surface area (Å²) in [6, 6.07) is 5.98. The maximum atomic E-state index is 12.4. The first-order valence-corrected chi connectivity index (χ1v) is 12.7. The molecule has 2 N–H and O–H groups in total. The van der Waals surface area contributed by atoms with Gasteiger partial charge >= 0.3 is 0 Å². The van der Waals surface area contributed by atoms with E-state index in [2.05, 4.69) is 39.3 Å². The number of nitrogens with zero attached hydrogens (tertiary/aromatic N) is 4. The van der Waals surface area contributed by atoms with Crippen molar-refractivity contribution in [3.05, 3.63) is 46.9 Å². The van der Waals surface area contributed by atoms with Crippen LogP contribution in [0.2, 0.25) is 0 Å². The van der Waals surface area contributed by atoms with Crippen LogP contribution >= 0.6 is 0 Å². The second-order valence-corrected chi connectivity index (χ2v) is 10.8. The highest BCUT2D eigenvalue weighted by Gasteiger charge is 2.33. The molecule has 3 aromatic rings. The molecule has 1 amide bonds. The number of nitrogens with two attached hydrogens (primary N) is 1. The third kappa shape index (κ3) is 3.64. The number of rotatable bonds is 5. The van der Waals surface area contributed by atoms with Gasteiger partial charge in [0, 0.05) is 42.1 Å². The van der Waals surface area contributed by atoms with Crippen molar-refractivity contribution in [3.63, 3.8) is 0 Å². The Morgan fingerprint density at radius 3 is 2.53 bits per heavy atom. The Bertz CT molecular complexity index is 1330. The molecular formula is C23H29N5O3S. The van der Waals surface area contributed by atoms with E-state index in [1.807, 2.05) is 19.1 Å². The lowest BCUT2D eigenvalue weighted by Gasteiger charge is -2.39. The largest absolute Gasteiger partial charge is 0.365 e. The molecule has 1 aliphatic rings. The fraction of sp³-hybridized carbons (Fsp3) is 0.435. The van der Waals surface area contributed by atoms with Crippen molar-refractivity contribution in [2.24, 2.45) is 11.7 Å². The van der Waals surface area contributed by atoms with Gasteiger partial charge in [-0.05, 0) is 43.0 Å². The molecule has 3 heterocycles. The average Bonchev–Trinajstić information content (AvgIpc) is 3.08. The van der Waals surface area contributed by atoms with E-state index >= 15 is 0 Å². The summed E-state index contributed by atoms with van der Waals surface area (Å²) in [7, 11) is -3.32. The zero-order valence-corrected chi connectivity index (χ0v) is 19.9. The normalized spacial score (nSPS) is 16.6. The number of amides is 1. The van der Waals surface area contributed by atoms with Gasteiger partial charge in [-0.1, -0.05) is 20.8 Å². The number of benzene rings is 1. The minimum Gasteiger partial charge on any atom is -0.365 e. The van der Waals surface area contributed by atoms with Crippen LogP contribution in [0.5, 0.6) is 0 Å². The van der Waals surface area contributed by atoms with Crippen molar-refractivity contribution in [1.29, 1.82) is 0 Å². The van der Waals surface area contributed by atoms with E-state index in [0.29, 0.717) is 41.6 Å². The Kier molecular flexibility index (Phi) is 5.48. The molecule has 0 unspecified atom stereocenters. The molecule has 8 nitrogen and oxygen atoms in total. The highest BCUT2D eigenvalue weighted by Crippen LogP contribution is 2.39. The third-order valence-corrected chi connectivity index (χ3v) is 7.40. The molecule has 0 fully saturated rings. The van der Waals surface area contributed by atoms with Crippen LogP contribution in [0, 0.1) is 12.8 Å². The van der Waals surface area contributed by atoms with E-state index in [1.54, 1.807) is 6.92 Å². The number of primary amides is 1. The molecule has 1 atom stereocenters. The minimum atomic E-state index is -3.32. The average molecular weight is 456 g/mol. The van der Waals surface area contributed by atoms with E-state index in [4.69, 9.17) is 5.73 Å². The Hall–Kier alpha value is -2.94. The predicted molar refractivity (Wildman–Crippen MR) is 125 cm³/mol. The molecule has 0 bridgehead atoms. The van der Waals surface area contributed by atoms with E-state index in [-0.39, 0.29) is 12.0 Å². The van der Waals surface area contributed by atoms with Gasteiger partial charge in [-0.2, -0.15) is 0 Å². The number of hydrogen-bond acceptors (Lipinski definition) is 6. The van der Waals surface area contributed by atoms with Crippen LogP contribution in [-0.2, 0) is 22.8 Å². The molecular weight excluding hydrogens is 426 g/mol. The molecule has 170 valence electrons. The van der Waals surface area contributed by atoms with E-state index in [1.165, 1.54) is 12.5 Å². The zero-order valence-electron chi connectivity index (χ0n) is 19.1. The van der Waals surface area contributed by atoms with Crippen LogP contribution in [0.1, 0.15) is 54.1 Å². The molecule has 0 saturated heterocycles. The van der Waals surface area contributed by atoms with Gasteiger partial charge in [0.05, 0.1) is 22.2 Å². The third-order valence-electron chi connectivity index (χ3n) is 6.22. The molecule has 0 saturated carbocycles. The van der Waals surface area contributed by atoms with Crippen molar-refractivity contribution >= 4 is 32.6 Å². The number of sulfone groups is 1. The number of fused-ring (bicyclic) bond motifs is 3. The molecule has 2 aromatic heterocycles. The van der Waals surface area contributed by atoms with Crippen LogP contribution in [0.25, 0.3) is 10.9 Å². The van der Waals surface area contributed by atoms with Crippen molar-refractivity contribution in [2.75, 3.05) is 17.7 Å². The number of carbonyl (C=O) groups excluding carboxylic acids is 1. The van der Waals surface area contributed by atoms with Crippen molar-refractivity contribution in [1.82, 2.24) is 14.5 Å². The lowest BCUT2D eigenvalue weighted by Crippen LogP contribution is -2.41. The smallest absolute Gasteiger partial charge is 0.252 e. The fourth-order valence-corrected chi connectivity index (χ4v) is 5.75. The molecule has 32 heavy (non-hydrogen) atoms. The van der Waals surface area contributed by atoms with E-state index < -0.39 is 15.7 Å².